The molecule has 2 bridgehead atoms. The minimum absolute atomic E-state index is 0.838. The Hall–Kier alpha value is -0.0800. The molecule has 0 aromatic carbocycles. The molecule has 1 saturated carbocycles. The molecule has 1 N–H and O–H groups in total. The molecule has 0 radical (unpaired) electrons. The molecular formula is C17H32N2. The van der Waals surface area contributed by atoms with Crippen molar-refractivity contribution >= 4 is 0 Å². The second-order valence-corrected chi connectivity index (χ2v) is 7.17. The summed E-state index contributed by atoms with van der Waals surface area (Å²) in [6, 6.07) is 3.47. The molecule has 3 aliphatic rings. The largest absolute Gasteiger partial charge is 0.311 e. The maximum atomic E-state index is 3.81. The number of piperidine rings is 1. The maximum absolute atomic E-state index is 3.81. The highest BCUT2D eigenvalue weighted by molar-refractivity contribution is 4.98. The van der Waals surface area contributed by atoms with E-state index in [0.29, 0.717) is 0 Å². The van der Waals surface area contributed by atoms with Gasteiger partial charge < -0.3 is 5.32 Å². The molecule has 3 fully saturated rings. The number of nitrogens with one attached hydrogen (secondary N) is 1. The third kappa shape index (κ3) is 2.85. The van der Waals surface area contributed by atoms with Gasteiger partial charge in [-0.1, -0.05) is 26.7 Å². The Morgan fingerprint density at radius 2 is 1.74 bits per heavy atom. The standard InChI is InChI=1S/C17H32N2/c1-3-10-19(17-7-5-6-13(17)4-2)16-11-14-8-9-15(12-16)18-14/h13-18H,3-12H2,1-2H3. The van der Waals surface area contributed by atoms with Gasteiger partial charge in [0.2, 0.25) is 0 Å². The van der Waals surface area contributed by atoms with E-state index in [1.54, 1.807) is 0 Å². The molecule has 2 heterocycles. The molecule has 0 aromatic heterocycles. The maximum Gasteiger partial charge on any atom is 0.0128 e. The molecule has 2 heteroatoms. The van der Waals surface area contributed by atoms with Crippen LogP contribution in [-0.4, -0.2) is 35.6 Å². The molecule has 0 spiro atoms. The Morgan fingerprint density at radius 3 is 2.37 bits per heavy atom. The van der Waals surface area contributed by atoms with Crippen molar-refractivity contribution in [2.75, 3.05) is 6.54 Å². The normalized spacial score (nSPS) is 42.2. The molecule has 2 saturated heterocycles. The van der Waals surface area contributed by atoms with Gasteiger partial charge in [0.25, 0.3) is 0 Å². The summed E-state index contributed by atoms with van der Waals surface area (Å²) in [4.78, 5) is 2.95. The van der Waals surface area contributed by atoms with Gasteiger partial charge in [0.05, 0.1) is 0 Å². The van der Waals surface area contributed by atoms with Crippen LogP contribution in [0.1, 0.15) is 71.6 Å². The predicted molar refractivity (Wildman–Crippen MR) is 81.4 cm³/mol. The summed E-state index contributed by atoms with van der Waals surface area (Å²) in [6.07, 6.45) is 12.9. The van der Waals surface area contributed by atoms with Crippen LogP contribution < -0.4 is 5.32 Å². The van der Waals surface area contributed by atoms with E-state index in [4.69, 9.17) is 0 Å². The van der Waals surface area contributed by atoms with Crippen molar-refractivity contribution in [3.63, 3.8) is 0 Å². The Labute approximate surface area is 119 Å². The monoisotopic (exact) mass is 264 g/mol. The van der Waals surface area contributed by atoms with E-state index in [2.05, 4.69) is 24.1 Å². The summed E-state index contributed by atoms with van der Waals surface area (Å²) >= 11 is 0. The molecule has 2 aliphatic heterocycles. The van der Waals surface area contributed by atoms with Crippen LogP contribution in [0.3, 0.4) is 0 Å². The average Bonchev–Trinajstić information content (AvgIpc) is 3.02. The molecule has 110 valence electrons. The van der Waals surface area contributed by atoms with E-state index in [-0.39, 0.29) is 0 Å². The second kappa shape index (κ2) is 6.13. The third-order valence-corrected chi connectivity index (χ3v) is 5.97. The van der Waals surface area contributed by atoms with Crippen LogP contribution in [0.2, 0.25) is 0 Å². The first-order valence-electron chi connectivity index (χ1n) is 8.83. The van der Waals surface area contributed by atoms with Crippen LogP contribution in [0.15, 0.2) is 0 Å². The fourth-order valence-electron chi connectivity index (χ4n) is 5.11. The van der Waals surface area contributed by atoms with Gasteiger partial charge in [0.15, 0.2) is 0 Å². The van der Waals surface area contributed by atoms with Crippen molar-refractivity contribution in [2.24, 2.45) is 5.92 Å². The van der Waals surface area contributed by atoms with Gasteiger partial charge in [-0.3, -0.25) is 4.90 Å². The Balaban J connectivity index is 1.69. The Bertz CT molecular complexity index is 279. The molecule has 1 aliphatic carbocycles. The van der Waals surface area contributed by atoms with Gasteiger partial charge in [-0.2, -0.15) is 0 Å². The van der Waals surface area contributed by atoms with E-state index in [9.17, 15) is 0 Å². The lowest BCUT2D eigenvalue weighted by Crippen LogP contribution is -2.52. The molecule has 0 aromatic rings. The topological polar surface area (TPSA) is 15.3 Å². The smallest absolute Gasteiger partial charge is 0.0128 e. The van der Waals surface area contributed by atoms with Crippen LogP contribution in [0.25, 0.3) is 0 Å². The summed E-state index contributed by atoms with van der Waals surface area (Å²) in [5, 5.41) is 3.81. The minimum Gasteiger partial charge on any atom is -0.311 e. The number of nitrogens with zero attached hydrogens (tertiary/aromatic N) is 1. The molecule has 19 heavy (non-hydrogen) atoms. The van der Waals surface area contributed by atoms with E-state index in [1.165, 1.54) is 64.3 Å². The number of rotatable bonds is 5. The first-order valence-corrected chi connectivity index (χ1v) is 8.83. The quantitative estimate of drug-likeness (QED) is 0.817. The predicted octanol–water partition coefficient (Wildman–Crippen LogP) is 3.56. The van der Waals surface area contributed by atoms with E-state index in [0.717, 1.165) is 30.1 Å². The van der Waals surface area contributed by atoms with Crippen molar-refractivity contribution in [1.82, 2.24) is 10.2 Å². The summed E-state index contributed by atoms with van der Waals surface area (Å²) in [6.45, 7) is 6.10. The van der Waals surface area contributed by atoms with Crippen LogP contribution >= 0.6 is 0 Å². The summed E-state index contributed by atoms with van der Waals surface area (Å²) in [5.74, 6) is 0.985. The van der Waals surface area contributed by atoms with Gasteiger partial charge in [0.1, 0.15) is 0 Å². The van der Waals surface area contributed by atoms with Crippen molar-refractivity contribution in [3.05, 3.63) is 0 Å². The minimum atomic E-state index is 0.838. The van der Waals surface area contributed by atoms with Crippen LogP contribution in [0.4, 0.5) is 0 Å². The fourth-order valence-corrected chi connectivity index (χ4v) is 5.11. The first kappa shape index (κ1) is 13.9. The molecule has 2 nitrogen and oxygen atoms in total. The van der Waals surface area contributed by atoms with Gasteiger partial charge >= 0.3 is 0 Å². The van der Waals surface area contributed by atoms with Gasteiger partial charge in [-0.15, -0.1) is 0 Å². The lowest BCUT2D eigenvalue weighted by atomic mass is 9.92. The SMILES string of the molecule is CCCN(C1CC2CCC(C1)N2)C1CCCC1CC. The summed E-state index contributed by atoms with van der Waals surface area (Å²) in [7, 11) is 0. The van der Waals surface area contributed by atoms with Crippen molar-refractivity contribution in [2.45, 2.75) is 95.8 Å². The zero-order chi connectivity index (χ0) is 13.2. The number of hydrogen-bond donors (Lipinski definition) is 1. The van der Waals surface area contributed by atoms with Gasteiger partial charge in [-0.05, 0) is 57.4 Å². The molecule has 3 rings (SSSR count). The van der Waals surface area contributed by atoms with E-state index >= 15 is 0 Å². The van der Waals surface area contributed by atoms with Crippen molar-refractivity contribution in [3.8, 4) is 0 Å². The highest BCUT2D eigenvalue weighted by Gasteiger charge is 2.40. The Morgan fingerprint density at radius 1 is 1.00 bits per heavy atom. The zero-order valence-corrected chi connectivity index (χ0v) is 12.9. The van der Waals surface area contributed by atoms with Crippen LogP contribution in [0.5, 0.6) is 0 Å². The van der Waals surface area contributed by atoms with Gasteiger partial charge in [-0.25, -0.2) is 0 Å². The lowest BCUT2D eigenvalue weighted by Gasteiger charge is -2.43. The van der Waals surface area contributed by atoms with Gasteiger partial charge in [0, 0.05) is 24.2 Å². The van der Waals surface area contributed by atoms with Crippen LogP contribution in [0, 0.1) is 5.92 Å². The van der Waals surface area contributed by atoms with Crippen molar-refractivity contribution < 1.29 is 0 Å². The summed E-state index contributed by atoms with van der Waals surface area (Å²) in [5.41, 5.74) is 0. The molecular weight excluding hydrogens is 232 g/mol. The third-order valence-electron chi connectivity index (χ3n) is 5.97. The molecule has 4 atom stereocenters. The second-order valence-electron chi connectivity index (χ2n) is 7.17. The van der Waals surface area contributed by atoms with E-state index in [1.807, 2.05) is 0 Å². The lowest BCUT2D eigenvalue weighted by molar-refractivity contribution is 0.0723. The highest BCUT2D eigenvalue weighted by Crippen LogP contribution is 2.37. The Kier molecular flexibility index (Phi) is 4.48. The van der Waals surface area contributed by atoms with Crippen molar-refractivity contribution in [1.29, 1.82) is 0 Å². The zero-order valence-electron chi connectivity index (χ0n) is 12.9. The number of hydrogen-bond acceptors (Lipinski definition) is 2. The first-order chi connectivity index (χ1) is 9.31. The highest BCUT2D eigenvalue weighted by atomic mass is 15.2. The van der Waals surface area contributed by atoms with Crippen LogP contribution in [-0.2, 0) is 0 Å². The summed E-state index contributed by atoms with van der Waals surface area (Å²) < 4.78 is 0. The molecule has 4 unspecified atom stereocenters. The number of fused-ring (bicyclic) bond motifs is 2. The fraction of sp³-hybridized carbons (Fsp3) is 1.00. The molecule has 0 amide bonds. The van der Waals surface area contributed by atoms with E-state index < -0.39 is 0 Å². The average molecular weight is 264 g/mol.